The first-order valence-corrected chi connectivity index (χ1v) is 5.76. The van der Waals surface area contributed by atoms with E-state index in [1.165, 1.54) is 0 Å². The fraction of sp³-hybridized carbons (Fsp3) is 0.462. The van der Waals surface area contributed by atoms with Crippen LogP contribution in [0.2, 0.25) is 0 Å². The Balaban J connectivity index is 2.06. The van der Waals surface area contributed by atoms with E-state index in [1.54, 1.807) is 18.3 Å². The molecule has 2 N–H and O–H groups in total. The van der Waals surface area contributed by atoms with E-state index in [0.717, 1.165) is 25.7 Å². The molecular formula is C13H17NO2. The van der Waals surface area contributed by atoms with Crippen molar-refractivity contribution in [3.8, 4) is 5.75 Å². The SMILES string of the molecule is Oc1ccccc1C=N[C@H]1CCCC[C@@H]1O. The number of aliphatic hydroxyl groups is 1. The molecule has 0 bridgehead atoms. The maximum Gasteiger partial charge on any atom is 0.124 e. The molecule has 0 spiro atoms. The molecule has 1 aliphatic carbocycles. The summed E-state index contributed by atoms with van der Waals surface area (Å²) in [5, 5.41) is 19.3. The Bertz CT molecular complexity index is 376. The Hall–Kier alpha value is -1.35. The van der Waals surface area contributed by atoms with Crippen LogP contribution in [0.5, 0.6) is 5.75 Å². The number of phenols is 1. The lowest BCUT2D eigenvalue weighted by Crippen LogP contribution is -2.28. The maximum atomic E-state index is 9.74. The van der Waals surface area contributed by atoms with Gasteiger partial charge in [0.05, 0.1) is 12.1 Å². The van der Waals surface area contributed by atoms with Crippen LogP contribution in [0.3, 0.4) is 0 Å². The second-order valence-electron chi connectivity index (χ2n) is 4.26. The molecule has 3 heteroatoms. The summed E-state index contributed by atoms with van der Waals surface area (Å²) in [5.74, 6) is 0.233. The summed E-state index contributed by atoms with van der Waals surface area (Å²) in [4.78, 5) is 4.36. The van der Waals surface area contributed by atoms with E-state index in [2.05, 4.69) is 4.99 Å². The average molecular weight is 219 g/mol. The third kappa shape index (κ3) is 2.61. The van der Waals surface area contributed by atoms with Crippen LogP contribution in [-0.2, 0) is 0 Å². The summed E-state index contributed by atoms with van der Waals surface area (Å²) in [6.45, 7) is 0. The van der Waals surface area contributed by atoms with Gasteiger partial charge in [0.15, 0.2) is 0 Å². The molecule has 1 aromatic carbocycles. The minimum atomic E-state index is -0.323. The molecule has 0 amide bonds. The number of nitrogens with zero attached hydrogens (tertiary/aromatic N) is 1. The molecule has 2 rings (SSSR count). The minimum Gasteiger partial charge on any atom is -0.507 e. The summed E-state index contributed by atoms with van der Waals surface area (Å²) in [6.07, 6.45) is 5.32. The summed E-state index contributed by atoms with van der Waals surface area (Å²) >= 11 is 0. The van der Waals surface area contributed by atoms with Gasteiger partial charge in [-0.05, 0) is 25.0 Å². The lowest BCUT2D eigenvalue weighted by molar-refractivity contribution is 0.110. The van der Waals surface area contributed by atoms with Crippen LogP contribution in [-0.4, -0.2) is 28.6 Å². The molecule has 0 aliphatic heterocycles. The highest BCUT2D eigenvalue weighted by atomic mass is 16.3. The van der Waals surface area contributed by atoms with E-state index in [1.807, 2.05) is 12.1 Å². The Morgan fingerprint density at radius 2 is 1.94 bits per heavy atom. The highest BCUT2D eigenvalue weighted by Gasteiger charge is 2.21. The lowest BCUT2D eigenvalue weighted by Gasteiger charge is -2.23. The standard InChI is InChI=1S/C13H17NO2/c15-12-7-3-1-5-10(12)9-14-11-6-2-4-8-13(11)16/h1,3,5,7,9,11,13,15-16H,2,4,6,8H2/t11-,13-/m0/s1. The van der Waals surface area contributed by atoms with Gasteiger partial charge < -0.3 is 10.2 Å². The van der Waals surface area contributed by atoms with Crippen LogP contribution in [0.1, 0.15) is 31.2 Å². The zero-order valence-electron chi connectivity index (χ0n) is 9.21. The van der Waals surface area contributed by atoms with Crippen molar-refractivity contribution in [1.29, 1.82) is 0 Å². The van der Waals surface area contributed by atoms with Crippen LogP contribution in [0, 0.1) is 0 Å². The first kappa shape index (κ1) is 11.1. The van der Waals surface area contributed by atoms with Gasteiger partial charge in [-0.2, -0.15) is 0 Å². The number of aliphatic hydroxyl groups excluding tert-OH is 1. The molecule has 1 saturated carbocycles. The number of aromatic hydroxyl groups is 1. The third-order valence-corrected chi connectivity index (χ3v) is 3.04. The minimum absolute atomic E-state index is 0.00615. The van der Waals surface area contributed by atoms with E-state index in [0.29, 0.717) is 5.56 Å². The van der Waals surface area contributed by atoms with E-state index in [-0.39, 0.29) is 17.9 Å². The Morgan fingerprint density at radius 3 is 2.69 bits per heavy atom. The van der Waals surface area contributed by atoms with Crippen molar-refractivity contribution in [2.24, 2.45) is 4.99 Å². The van der Waals surface area contributed by atoms with Crippen molar-refractivity contribution in [3.63, 3.8) is 0 Å². The van der Waals surface area contributed by atoms with Crippen LogP contribution in [0.15, 0.2) is 29.3 Å². The second-order valence-corrected chi connectivity index (χ2v) is 4.26. The Kier molecular flexibility index (Phi) is 3.57. The molecule has 0 heterocycles. The molecule has 1 aromatic rings. The van der Waals surface area contributed by atoms with Crippen LogP contribution in [0.25, 0.3) is 0 Å². The molecule has 2 atom stereocenters. The van der Waals surface area contributed by atoms with Gasteiger partial charge in [0.25, 0.3) is 0 Å². The zero-order valence-corrected chi connectivity index (χ0v) is 9.21. The number of hydrogen-bond donors (Lipinski definition) is 2. The molecule has 0 unspecified atom stereocenters. The van der Waals surface area contributed by atoms with Crippen molar-refractivity contribution >= 4 is 6.21 Å². The second kappa shape index (κ2) is 5.12. The average Bonchev–Trinajstić information content (AvgIpc) is 2.30. The molecular weight excluding hydrogens is 202 g/mol. The van der Waals surface area contributed by atoms with E-state index in [9.17, 15) is 10.2 Å². The van der Waals surface area contributed by atoms with Crippen LogP contribution >= 0.6 is 0 Å². The molecule has 16 heavy (non-hydrogen) atoms. The molecule has 3 nitrogen and oxygen atoms in total. The van der Waals surface area contributed by atoms with E-state index in [4.69, 9.17) is 0 Å². The lowest BCUT2D eigenvalue weighted by atomic mass is 9.93. The summed E-state index contributed by atoms with van der Waals surface area (Å²) < 4.78 is 0. The van der Waals surface area contributed by atoms with Crippen LogP contribution < -0.4 is 0 Å². The fourth-order valence-corrected chi connectivity index (χ4v) is 2.04. The number of para-hydroxylation sites is 1. The van der Waals surface area contributed by atoms with Gasteiger partial charge >= 0.3 is 0 Å². The van der Waals surface area contributed by atoms with Gasteiger partial charge in [-0.1, -0.05) is 25.0 Å². The maximum absolute atomic E-state index is 9.74. The van der Waals surface area contributed by atoms with Gasteiger partial charge in [-0.15, -0.1) is 0 Å². The molecule has 0 saturated heterocycles. The highest BCUT2D eigenvalue weighted by Crippen LogP contribution is 2.21. The number of hydrogen-bond acceptors (Lipinski definition) is 3. The zero-order chi connectivity index (χ0) is 11.4. The quantitative estimate of drug-likeness (QED) is 0.748. The Labute approximate surface area is 95.5 Å². The van der Waals surface area contributed by atoms with Crippen molar-refractivity contribution in [1.82, 2.24) is 0 Å². The molecule has 0 radical (unpaired) electrons. The predicted molar refractivity (Wildman–Crippen MR) is 64.0 cm³/mol. The van der Waals surface area contributed by atoms with E-state index >= 15 is 0 Å². The molecule has 0 aromatic heterocycles. The first-order valence-electron chi connectivity index (χ1n) is 5.76. The number of rotatable bonds is 2. The number of benzene rings is 1. The highest BCUT2D eigenvalue weighted by molar-refractivity contribution is 5.83. The topological polar surface area (TPSA) is 52.8 Å². The monoisotopic (exact) mass is 219 g/mol. The Morgan fingerprint density at radius 1 is 1.19 bits per heavy atom. The number of aliphatic imine (C=N–C) groups is 1. The summed E-state index contributed by atoms with van der Waals surface area (Å²) in [5.41, 5.74) is 0.709. The van der Waals surface area contributed by atoms with Gasteiger partial charge in [0.1, 0.15) is 5.75 Å². The van der Waals surface area contributed by atoms with Gasteiger partial charge in [0, 0.05) is 11.8 Å². The van der Waals surface area contributed by atoms with Gasteiger partial charge in [-0.3, -0.25) is 4.99 Å². The molecule has 86 valence electrons. The smallest absolute Gasteiger partial charge is 0.124 e. The van der Waals surface area contributed by atoms with Crippen molar-refractivity contribution < 1.29 is 10.2 Å². The molecule has 1 aliphatic rings. The van der Waals surface area contributed by atoms with Crippen molar-refractivity contribution in [2.75, 3.05) is 0 Å². The van der Waals surface area contributed by atoms with Crippen molar-refractivity contribution in [2.45, 2.75) is 37.8 Å². The molecule has 1 fully saturated rings. The fourth-order valence-electron chi connectivity index (χ4n) is 2.04. The third-order valence-electron chi connectivity index (χ3n) is 3.04. The van der Waals surface area contributed by atoms with Crippen LogP contribution in [0.4, 0.5) is 0 Å². The normalized spacial score (nSPS) is 26.1. The summed E-state index contributed by atoms with van der Waals surface area (Å²) in [7, 11) is 0. The number of phenolic OH excluding ortho intramolecular Hbond substituents is 1. The van der Waals surface area contributed by atoms with Crippen molar-refractivity contribution in [3.05, 3.63) is 29.8 Å². The largest absolute Gasteiger partial charge is 0.507 e. The van der Waals surface area contributed by atoms with Gasteiger partial charge in [0.2, 0.25) is 0 Å². The predicted octanol–water partition coefficient (Wildman–Crippen LogP) is 2.11. The first-order chi connectivity index (χ1) is 7.77. The van der Waals surface area contributed by atoms with Gasteiger partial charge in [-0.25, -0.2) is 0 Å². The van der Waals surface area contributed by atoms with E-state index < -0.39 is 0 Å². The summed E-state index contributed by atoms with van der Waals surface area (Å²) in [6, 6.07) is 7.08.